The lowest BCUT2D eigenvalue weighted by Gasteiger charge is -2.11. The zero-order valence-electron chi connectivity index (χ0n) is 14.1. The summed E-state index contributed by atoms with van der Waals surface area (Å²) in [5.41, 5.74) is 5.15. The summed E-state index contributed by atoms with van der Waals surface area (Å²) in [4.78, 5) is 4.82. The fourth-order valence-corrected chi connectivity index (χ4v) is 3.95. The molecular weight excluding hydrogens is 380 g/mol. The Hall–Kier alpha value is -3.16. The number of aromatic nitrogens is 1. The SMILES string of the molecule is C=NNC(=NN)c1ccc2c(c1)nc(Nc1cccc(Cl)c1)c1sccc12. The molecule has 4 N–H and O–H groups in total. The van der Waals surface area contributed by atoms with Gasteiger partial charge in [0.25, 0.3) is 0 Å². The average molecular weight is 395 g/mol. The average Bonchev–Trinajstić information content (AvgIpc) is 3.16. The lowest BCUT2D eigenvalue weighted by Crippen LogP contribution is -2.20. The number of nitrogens with one attached hydrogen (secondary N) is 2. The molecule has 27 heavy (non-hydrogen) atoms. The molecule has 6 nitrogen and oxygen atoms in total. The lowest BCUT2D eigenvalue weighted by molar-refractivity contribution is 1.02. The normalized spacial score (nSPS) is 11.7. The maximum Gasteiger partial charge on any atom is 0.173 e. The highest BCUT2D eigenvalue weighted by atomic mass is 35.5. The minimum Gasteiger partial charge on any atom is -0.339 e. The van der Waals surface area contributed by atoms with E-state index in [1.807, 2.05) is 42.5 Å². The summed E-state index contributed by atoms with van der Waals surface area (Å²) in [7, 11) is 0. The molecule has 8 heteroatoms. The van der Waals surface area contributed by atoms with Crippen molar-refractivity contribution in [1.82, 2.24) is 10.4 Å². The molecule has 0 radical (unpaired) electrons. The van der Waals surface area contributed by atoms with Gasteiger partial charge in [-0.3, -0.25) is 5.43 Å². The Kier molecular flexibility index (Phi) is 4.62. The number of nitrogens with zero attached hydrogens (tertiary/aromatic N) is 3. The topological polar surface area (TPSA) is 87.7 Å². The van der Waals surface area contributed by atoms with E-state index in [0.29, 0.717) is 10.9 Å². The Bertz CT molecular complexity index is 1180. The zero-order chi connectivity index (χ0) is 18.8. The maximum absolute atomic E-state index is 6.10. The Morgan fingerprint density at radius 3 is 2.81 bits per heavy atom. The standard InChI is InChI=1S/C19H15ClN6S/c1-22-26-18(25-21)11-5-6-14-15-7-8-27-17(15)19(24-16(14)9-11)23-13-4-2-3-12(20)10-13/h2-10H,1,21H2,(H,23,24)(H,25,26). The van der Waals surface area contributed by atoms with Crippen molar-refractivity contribution in [3.63, 3.8) is 0 Å². The third kappa shape index (κ3) is 3.30. The predicted octanol–water partition coefficient (Wildman–Crippen LogP) is 4.67. The van der Waals surface area contributed by atoms with Crippen LogP contribution in [0, 0.1) is 0 Å². The van der Waals surface area contributed by atoms with E-state index in [1.54, 1.807) is 11.3 Å². The number of hydrogen-bond donors (Lipinski definition) is 3. The van der Waals surface area contributed by atoms with Crippen LogP contribution in [0.4, 0.5) is 11.5 Å². The van der Waals surface area contributed by atoms with Gasteiger partial charge in [0.15, 0.2) is 5.84 Å². The number of rotatable bonds is 4. The van der Waals surface area contributed by atoms with Crippen LogP contribution < -0.4 is 16.6 Å². The van der Waals surface area contributed by atoms with Crippen molar-refractivity contribution in [2.24, 2.45) is 16.0 Å². The maximum atomic E-state index is 6.10. The van der Waals surface area contributed by atoms with E-state index in [1.165, 1.54) is 0 Å². The first-order valence-corrected chi connectivity index (χ1v) is 9.29. The van der Waals surface area contributed by atoms with Gasteiger partial charge in [-0.05, 0) is 35.7 Å². The molecule has 0 bridgehead atoms. The molecule has 0 atom stereocenters. The Balaban J connectivity index is 1.87. The second kappa shape index (κ2) is 7.22. The summed E-state index contributed by atoms with van der Waals surface area (Å²) < 4.78 is 1.08. The van der Waals surface area contributed by atoms with E-state index in [0.717, 1.165) is 38.1 Å². The first-order valence-electron chi connectivity index (χ1n) is 8.03. The highest BCUT2D eigenvalue weighted by Gasteiger charge is 2.12. The molecule has 4 aromatic rings. The number of hydrogen-bond acceptors (Lipinski definition) is 6. The van der Waals surface area contributed by atoms with Gasteiger partial charge in [0.1, 0.15) is 5.82 Å². The van der Waals surface area contributed by atoms with Crippen LogP contribution in [0.2, 0.25) is 5.02 Å². The second-order valence-electron chi connectivity index (χ2n) is 5.74. The molecule has 0 amide bonds. The van der Waals surface area contributed by atoms with Crippen LogP contribution in [-0.2, 0) is 0 Å². The molecule has 2 aromatic heterocycles. The summed E-state index contributed by atoms with van der Waals surface area (Å²) in [5, 5.41) is 15.6. The van der Waals surface area contributed by atoms with Crippen LogP contribution in [-0.4, -0.2) is 17.5 Å². The van der Waals surface area contributed by atoms with Crippen LogP contribution in [0.5, 0.6) is 0 Å². The van der Waals surface area contributed by atoms with Crippen LogP contribution in [0.3, 0.4) is 0 Å². The van der Waals surface area contributed by atoms with Crippen molar-refractivity contribution in [2.75, 3.05) is 5.32 Å². The number of thiophene rings is 1. The largest absolute Gasteiger partial charge is 0.339 e. The van der Waals surface area contributed by atoms with Crippen molar-refractivity contribution in [2.45, 2.75) is 0 Å². The Labute approximate surface area is 164 Å². The lowest BCUT2D eigenvalue weighted by atomic mass is 10.1. The molecule has 0 aliphatic rings. The van der Waals surface area contributed by atoms with E-state index in [2.05, 4.69) is 39.1 Å². The van der Waals surface area contributed by atoms with Crippen molar-refractivity contribution in [3.05, 3.63) is 64.5 Å². The molecule has 0 fully saturated rings. The fraction of sp³-hybridized carbons (Fsp3) is 0. The fourth-order valence-electron chi connectivity index (χ4n) is 2.91. The molecule has 0 aliphatic carbocycles. The van der Waals surface area contributed by atoms with E-state index >= 15 is 0 Å². The van der Waals surface area contributed by atoms with Crippen molar-refractivity contribution in [3.8, 4) is 0 Å². The van der Waals surface area contributed by atoms with E-state index in [9.17, 15) is 0 Å². The highest BCUT2D eigenvalue weighted by molar-refractivity contribution is 7.18. The van der Waals surface area contributed by atoms with E-state index < -0.39 is 0 Å². The molecule has 134 valence electrons. The van der Waals surface area contributed by atoms with Gasteiger partial charge >= 0.3 is 0 Å². The number of anilines is 2. The summed E-state index contributed by atoms with van der Waals surface area (Å²) in [6.45, 7) is 3.41. The van der Waals surface area contributed by atoms with Crippen LogP contribution in [0.25, 0.3) is 21.0 Å². The molecule has 0 aliphatic heterocycles. The summed E-state index contributed by atoms with van der Waals surface area (Å²) in [6, 6.07) is 15.5. The van der Waals surface area contributed by atoms with Gasteiger partial charge in [-0.15, -0.1) is 11.3 Å². The van der Waals surface area contributed by atoms with Gasteiger partial charge < -0.3 is 11.2 Å². The molecule has 2 aromatic carbocycles. The number of pyridine rings is 1. The first kappa shape index (κ1) is 17.3. The molecular formula is C19H15ClN6S. The summed E-state index contributed by atoms with van der Waals surface area (Å²) in [5.74, 6) is 6.64. The van der Waals surface area contributed by atoms with Crippen LogP contribution in [0.1, 0.15) is 5.56 Å². The minimum absolute atomic E-state index is 0.420. The number of hydrazone groups is 2. The summed E-state index contributed by atoms with van der Waals surface area (Å²) >= 11 is 7.74. The van der Waals surface area contributed by atoms with Crippen molar-refractivity contribution >= 4 is 68.0 Å². The number of amidine groups is 1. The quantitative estimate of drug-likeness (QED) is 0.203. The molecule has 0 unspecified atom stereocenters. The first-order chi connectivity index (χ1) is 13.2. The Morgan fingerprint density at radius 1 is 1.15 bits per heavy atom. The molecule has 4 rings (SSSR count). The molecule has 0 spiro atoms. The molecule has 0 saturated heterocycles. The molecule has 2 heterocycles. The third-order valence-electron chi connectivity index (χ3n) is 4.08. The minimum atomic E-state index is 0.420. The van der Waals surface area contributed by atoms with Gasteiger partial charge in [-0.1, -0.05) is 29.8 Å². The molecule has 0 saturated carbocycles. The van der Waals surface area contributed by atoms with Gasteiger partial charge in [0.2, 0.25) is 0 Å². The monoisotopic (exact) mass is 394 g/mol. The number of nitrogens with two attached hydrogens (primary N) is 1. The van der Waals surface area contributed by atoms with E-state index in [4.69, 9.17) is 22.4 Å². The van der Waals surface area contributed by atoms with Gasteiger partial charge in [-0.2, -0.15) is 10.2 Å². The number of benzene rings is 2. The number of fused-ring (bicyclic) bond motifs is 3. The van der Waals surface area contributed by atoms with Crippen molar-refractivity contribution in [1.29, 1.82) is 0 Å². The highest BCUT2D eigenvalue weighted by Crippen LogP contribution is 2.35. The number of halogens is 1. The van der Waals surface area contributed by atoms with E-state index in [-0.39, 0.29) is 0 Å². The smallest absolute Gasteiger partial charge is 0.173 e. The van der Waals surface area contributed by atoms with Crippen LogP contribution in [0.15, 0.2) is 64.1 Å². The van der Waals surface area contributed by atoms with Gasteiger partial charge in [0, 0.05) is 33.8 Å². The second-order valence-corrected chi connectivity index (χ2v) is 7.09. The Morgan fingerprint density at radius 2 is 2.04 bits per heavy atom. The van der Waals surface area contributed by atoms with Crippen LogP contribution >= 0.6 is 22.9 Å². The summed E-state index contributed by atoms with van der Waals surface area (Å²) in [6.07, 6.45) is 0. The van der Waals surface area contributed by atoms with Gasteiger partial charge in [0.05, 0.1) is 10.2 Å². The predicted molar refractivity (Wildman–Crippen MR) is 115 cm³/mol. The van der Waals surface area contributed by atoms with Crippen molar-refractivity contribution < 1.29 is 0 Å². The zero-order valence-corrected chi connectivity index (χ0v) is 15.7. The third-order valence-corrected chi connectivity index (χ3v) is 5.23. The van der Waals surface area contributed by atoms with Gasteiger partial charge in [-0.25, -0.2) is 4.98 Å².